The number of nitrogens with two attached hydrogens (primary N) is 1. The fourth-order valence-electron chi connectivity index (χ4n) is 2.25. The summed E-state index contributed by atoms with van der Waals surface area (Å²) in [4.78, 5) is 25.2. The lowest BCUT2D eigenvalue weighted by Crippen LogP contribution is -2.53. The number of aliphatic carboxylic acids is 1. The molecule has 1 aliphatic rings. The number of benzene rings is 1. The minimum Gasteiger partial charge on any atom is -0.478 e. The van der Waals surface area contributed by atoms with Gasteiger partial charge in [-0.25, -0.2) is 4.79 Å². The average molecular weight is 292 g/mol. The Morgan fingerprint density at radius 2 is 2.14 bits per heavy atom. The molecule has 3 N–H and O–H groups in total. The van der Waals surface area contributed by atoms with Crippen LogP contribution in [0.3, 0.4) is 0 Å². The fraction of sp³-hybridized carbons (Fsp3) is 0.467. The van der Waals surface area contributed by atoms with Gasteiger partial charge in [0.2, 0.25) is 12.0 Å². The molecule has 0 fully saturated rings. The van der Waals surface area contributed by atoms with Gasteiger partial charge in [0.25, 0.3) is 0 Å². The predicted molar refractivity (Wildman–Crippen MR) is 78.3 cm³/mol. The third-order valence-corrected chi connectivity index (χ3v) is 3.86. The van der Waals surface area contributed by atoms with E-state index in [9.17, 15) is 9.59 Å². The topological polar surface area (TPSA) is 92.9 Å². The second kappa shape index (κ2) is 6.13. The molecule has 6 nitrogen and oxygen atoms in total. The maximum Gasteiger partial charge on any atom is 0.346 e. The van der Waals surface area contributed by atoms with Crippen LogP contribution in [0.4, 0.5) is 5.69 Å². The summed E-state index contributed by atoms with van der Waals surface area (Å²) in [7, 11) is 0. The Balaban J connectivity index is 2.33. The molecule has 0 saturated heterocycles. The molecule has 0 radical (unpaired) electrons. The molecule has 0 bridgehead atoms. The predicted octanol–water partition coefficient (Wildman–Crippen LogP) is 1.24. The SMILES string of the molecule is CCC(C)[C@H](N)C(=O)N1CC(C(=O)O)Oc2ccccc21. The van der Waals surface area contributed by atoms with Gasteiger partial charge < -0.3 is 20.5 Å². The Morgan fingerprint density at radius 3 is 2.76 bits per heavy atom. The van der Waals surface area contributed by atoms with E-state index in [4.69, 9.17) is 15.6 Å². The van der Waals surface area contributed by atoms with Gasteiger partial charge in [-0.05, 0) is 18.1 Å². The molecule has 114 valence electrons. The van der Waals surface area contributed by atoms with E-state index in [-0.39, 0.29) is 18.4 Å². The first-order valence-electron chi connectivity index (χ1n) is 7.01. The summed E-state index contributed by atoms with van der Waals surface area (Å²) in [6.07, 6.45) is -0.297. The molecule has 1 aliphatic heterocycles. The monoisotopic (exact) mass is 292 g/mol. The molecule has 0 aliphatic carbocycles. The highest BCUT2D eigenvalue weighted by molar-refractivity contribution is 5.99. The lowest BCUT2D eigenvalue weighted by atomic mass is 9.98. The van der Waals surface area contributed by atoms with Crippen LogP contribution < -0.4 is 15.4 Å². The van der Waals surface area contributed by atoms with Gasteiger partial charge in [0.1, 0.15) is 5.75 Å². The van der Waals surface area contributed by atoms with Crippen LogP contribution in [-0.2, 0) is 9.59 Å². The van der Waals surface area contributed by atoms with Gasteiger partial charge in [0.05, 0.1) is 18.3 Å². The molecule has 1 amide bonds. The number of ether oxygens (including phenoxy) is 1. The van der Waals surface area contributed by atoms with Crippen molar-refractivity contribution in [2.75, 3.05) is 11.4 Å². The van der Waals surface area contributed by atoms with E-state index in [0.717, 1.165) is 6.42 Å². The van der Waals surface area contributed by atoms with Crippen molar-refractivity contribution in [3.63, 3.8) is 0 Å². The Hall–Kier alpha value is -2.08. The van der Waals surface area contributed by atoms with Crippen molar-refractivity contribution in [3.05, 3.63) is 24.3 Å². The summed E-state index contributed by atoms with van der Waals surface area (Å²) in [5.41, 5.74) is 6.57. The highest BCUT2D eigenvalue weighted by Gasteiger charge is 2.36. The molecular formula is C15H20N2O4. The van der Waals surface area contributed by atoms with Gasteiger partial charge in [-0.1, -0.05) is 32.4 Å². The first kappa shape index (κ1) is 15.3. The molecule has 2 rings (SSSR count). The Morgan fingerprint density at radius 1 is 1.48 bits per heavy atom. The second-order valence-electron chi connectivity index (χ2n) is 5.27. The summed E-state index contributed by atoms with van der Waals surface area (Å²) < 4.78 is 5.41. The van der Waals surface area contributed by atoms with Crippen LogP contribution >= 0.6 is 0 Å². The van der Waals surface area contributed by atoms with Crippen LogP contribution in [0, 0.1) is 5.92 Å². The smallest absolute Gasteiger partial charge is 0.346 e. The Labute approximate surface area is 123 Å². The Kier molecular flexibility index (Phi) is 4.47. The Bertz CT molecular complexity index is 546. The van der Waals surface area contributed by atoms with Crippen molar-refractivity contribution in [3.8, 4) is 5.75 Å². The number of hydrogen-bond donors (Lipinski definition) is 2. The third kappa shape index (κ3) is 3.00. The summed E-state index contributed by atoms with van der Waals surface area (Å²) in [6.45, 7) is 3.84. The summed E-state index contributed by atoms with van der Waals surface area (Å²) in [5, 5.41) is 9.16. The molecule has 1 aromatic rings. The standard InChI is InChI=1S/C15H20N2O4/c1-3-9(2)13(16)14(18)17-8-12(15(19)20)21-11-7-5-4-6-10(11)17/h4-7,9,12-13H,3,8,16H2,1-2H3,(H,19,20)/t9?,12?,13-/m0/s1. The van der Waals surface area contributed by atoms with E-state index < -0.39 is 18.1 Å². The fourth-order valence-corrected chi connectivity index (χ4v) is 2.25. The molecule has 0 spiro atoms. The number of amides is 1. The number of anilines is 1. The first-order chi connectivity index (χ1) is 9.95. The highest BCUT2D eigenvalue weighted by Crippen LogP contribution is 2.33. The normalized spacial score (nSPS) is 20.1. The van der Waals surface area contributed by atoms with E-state index >= 15 is 0 Å². The number of carboxylic acid groups (broad SMARTS) is 1. The minimum atomic E-state index is -1.10. The molecule has 3 atom stereocenters. The lowest BCUT2D eigenvalue weighted by Gasteiger charge is -2.35. The van der Waals surface area contributed by atoms with Crippen LogP contribution in [0.5, 0.6) is 5.75 Å². The summed E-state index contributed by atoms with van der Waals surface area (Å²) in [5.74, 6) is -0.956. The van der Waals surface area contributed by atoms with Crippen molar-refractivity contribution in [2.24, 2.45) is 11.7 Å². The van der Waals surface area contributed by atoms with Gasteiger partial charge >= 0.3 is 5.97 Å². The number of carbonyl (C=O) groups excluding carboxylic acids is 1. The maximum atomic E-state index is 12.6. The molecule has 6 heteroatoms. The van der Waals surface area contributed by atoms with Gasteiger partial charge in [0, 0.05) is 0 Å². The van der Waals surface area contributed by atoms with Gasteiger partial charge in [0.15, 0.2) is 0 Å². The van der Waals surface area contributed by atoms with Gasteiger partial charge in [-0.15, -0.1) is 0 Å². The number of carbonyl (C=O) groups is 2. The van der Waals surface area contributed by atoms with Crippen LogP contribution in [0.15, 0.2) is 24.3 Å². The molecule has 1 aromatic carbocycles. The molecule has 0 saturated carbocycles. The largest absolute Gasteiger partial charge is 0.478 e. The van der Waals surface area contributed by atoms with Crippen molar-refractivity contribution >= 4 is 17.6 Å². The summed E-state index contributed by atoms with van der Waals surface area (Å²) >= 11 is 0. The third-order valence-electron chi connectivity index (χ3n) is 3.86. The molecule has 0 aromatic heterocycles. The van der Waals surface area contributed by atoms with Crippen LogP contribution in [0.2, 0.25) is 0 Å². The second-order valence-corrected chi connectivity index (χ2v) is 5.27. The number of nitrogens with zero attached hydrogens (tertiary/aromatic N) is 1. The lowest BCUT2D eigenvalue weighted by molar-refractivity contribution is -0.145. The zero-order valence-corrected chi connectivity index (χ0v) is 12.2. The number of hydrogen-bond acceptors (Lipinski definition) is 4. The van der Waals surface area contributed by atoms with E-state index in [1.54, 1.807) is 24.3 Å². The zero-order valence-electron chi connectivity index (χ0n) is 12.2. The van der Waals surface area contributed by atoms with Crippen LogP contribution in [-0.4, -0.2) is 35.7 Å². The van der Waals surface area contributed by atoms with E-state index in [1.165, 1.54) is 4.90 Å². The number of rotatable bonds is 4. The number of para-hydroxylation sites is 2. The minimum absolute atomic E-state index is 0.0239. The van der Waals surface area contributed by atoms with E-state index in [0.29, 0.717) is 11.4 Å². The molecular weight excluding hydrogens is 272 g/mol. The van der Waals surface area contributed by atoms with Crippen LogP contribution in [0.1, 0.15) is 20.3 Å². The number of fused-ring (bicyclic) bond motifs is 1. The highest BCUT2D eigenvalue weighted by atomic mass is 16.5. The quantitative estimate of drug-likeness (QED) is 0.871. The molecule has 2 unspecified atom stereocenters. The van der Waals surface area contributed by atoms with E-state index in [1.807, 2.05) is 13.8 Å². The van der Waals surface area contributed by atoms with Gasteiger partial charge in [-0.2, -0.15) is 0 Å². The summed E-state index contributed by atoms with van der Waals surface area (Å²) in [6, 6.07) is 6.24. The zero-order chi connectivity index (χ0) is 15.6. The maximum absolute atomic E-state index is 12.6. The first-order valence-corrected chi connectivity index (χ1v) is 7.01. The molecule has 21 heavy (non-hydrogen) atoms. The average Bonchev–Trinajstić information content (AvgIpc) is 2.51. The van der Waals surface area contributed by atoms with Crippen molar-refractivity contribution in [2.45, 2.75) is 32.4 Å². The number of carboxylic acids is 1. The van der Waals surface area contributed by atoms with E-state index in [2.05, 4.69) is 0 Å². The van der Waals surface area contributed by atoms with Crippen molar-refractivity contribution in [1.29, 1.82) is 0 Å². The van der Waals surface area contributed by atoms with Gasteiger partial charge in [-0.3, -0.25) is 4.79 Å². The van der Waals surface area contributed by atoms with Crippen molar-refractivity contribution in [1.82, 2.24) is 0 Å². The van der Waals surface area contributed by atoms with Crippen molar-refractivity contribution < 1.29 is 19.4 Å². The molecule has 1 heterocycles. The van der Waals surface area contributed by atoms with Crippen LogP contribution in [0.25, 0.3) is 0 Å².